The monoisotopic (exact) mass is 295 g/mol. The number of methoxy groups -OCH3 is 1. The molecule has 1 aliphatic carbocycles. The van der Waals surface area contributed by atoms with Crippen LogP contribution in [0.2, 0.25) is 0 Å². The molecule has 0 aliphatic heterocycles. The Labute approximate surface area is 124 Å². The maximum Gasteiger partial charge on any atom is 0.258 e. The van der Waals surface area contributed by atoms with Gasteiger partial charge in [-0.1, -0.05) is 13.0 Å². The molecule has 0 aromatic heterocycles. The summed E-state index contributed by atoms with van der Waals surface area (Å²) in [6.45, 7) is 2.02. The molecule has 21 heavy (non-hydrogen) atoms. The van der Waals surface area contributed by atoms with E-state index in [0.29, 0.717) is 18.8 Å². The van der Waals surface area contributed by atoms with Gasteiger partial charge in [0.2, 0.25) is 0 Å². The quantitative estimate of drug-likeness (QED) is 0.897. The summed E-state index contributed by atoms with van der Waals surface area (Å²) in [4.78, 5) is 12.4. The second kappa shape index (κ2) is 6.43. The standard InChI is InChI=1S/C16H22FNO3/c1-11-6-8-16(10-19,9-7-11)18-15(20)14-12(17)4-3-5-13(14)21-2/h3-5,11,19H,6-10H2,1-2H3,(H,18,20). The van der Waals surface area contributed by atoms with Crippen LogP contribution in [0.15, 0.2) is 18.2 Å². The number of aliphatic hydroxyl groups is 1. The highest BCUT2D eigenvalue weighted by Crippen LogP contribution is 2.32. The van der Waals surface area contributed by atoms with Gasteiger partial charge in [-0.2, -0.15) is 0 Å². The summed E-state index contributed by atoms with van der Waals surface area (Å²) in [6, 6.07) is 4.27. The first-order chi connectivity index (χ1) is 10.0. The first-order valence-electron chi connectivity index (χ1n) is 7.27. The number of hydrogen-bond acceptors (Lipinski definition) is 3. The van der Waals surface area contributed by atoms with Crippen LogP contribution in [0.1, 0.15) is 43.0 Å². The number of amides is 1. The molecular formula is C16H22FNO3. The van der Waals surface area contributed by atoms with Gasteiger partial charge in [-0.25, -0.2) is 4.39 Å². The molecule has 0 saturated heterocycles. The molecule has 0 radical (unpaired) electrons. The van der Waals surface area contributed by atoms with E-state index in [-0.39, 0.29) is 17.9 Å². The molecule has 0 atom stereocenters. The van der Waals surface area contributed by atoms with Gasteiger partial charge in [-0.3, -0.25) is 4.79 Å². The molecule has 0 unspecified atom stereocenters. The van der Waals surface area contributed by atoms with Crippen molar-refractivity contribution in [1.29, 1.82) is 0 Å². The van der Waals surface area contributed by atoms with Crippen molar-refractivity contribution in [1.82, 2.24) is 5.32 Å². The molecular weight excluding hydrogens is 273 g/mol. The number of benzene rings is 1. The van der Waals surface area contributed by atoms with Gasteiger partial charge < -0.3 is 15.2 Å². The number of ether oxygens (including phenoxy) is 1. The van der Waals surface area contributed by atoms with Crippen molar-refractivity contribution in [3.8, 4) is 5.75 Å². The second-order valence-electron chi connectivity index (χ2n) is 5.89. The largest absolute Gasteiger partial charge is 0.496 e. The minimum atomic E-state index is -0.656. The molecule has 116 valence electrons. The van der Waals surface area contributed by atoms with Gasteiger partial charge in [-0.05, 0) is 43.7 Å². The highest BCUT2D eigenvalue weighted by Gasteiger charge is 2.36. The normalized spacial score (nSPS) is 25.4. The van der Waals surface area contributed by atoms with E-state index in [1.807, 2.05) is 0 Å². The third-order valence-corrected chi connectivity index (χ3v) is 4.34. The Morgan fingerprint density at radius 1 is 1.48 bits per heavy atom. The lowest BCUT2D eigenvalue weighted by Gasteiger charge is -2.38. The van der Waals surface area contributed by atoms with Gasteiger partial charge >= 0.3 is 0 Å². The van der Waals surface area contributed by atoms with Crippen LogP contribution in [-0.4, -0.2) is 30.3 Å². The minimum absolute atomic E-state index is 0.105. The molecule has 1 aliphatic rings. The number of nitrogens with one attached hydrogen (secondary N) is 1. The number of halogens is 1. The van der Waals surface area contributed by atoms with Crippen molar-refractivity contribution in [3.05, 3.63) is 29.6 Å². The number of carbonyl (C=O) groups excluding carboxylic acids is 1. The first-order valence-corrected chi connectivity index (χ1v) is 7.27. The molecule has 4 nitrogen and oxygen atoms in total. The average Bonchev–Trinajstić information content (AvgIpc) is 2.49. The zero-order valence-electron chi connectivity index (χ0n) is 12.5. The number of rotatable bonds is 4. The van der Waals surface area contributed by atoms with Crippen molar-refractivity contribution in [2.24, 2.45) is 5.92 Å². The van der Waals surface area contributed by atoms with Crippen LogP contribution in [0.4, 0.5) is 4.39 Å². The van der Waals surface area contributed by atoms with Crippen molar-refractivity contribution < 1.29 is 19.0 Å². The lowest BCUT2D eigenvalue weighted by atomic mass is 9.77. The maximum atomic E-state index is 13.9. The summed E-state index contributed by atoms with van der Waals surface area (Å²) < 4.78 is 19.0. The van der Waals surface area contributed by atoms with Crippen LogP contribution in [0, 0.1) is 11.7 Å². The molecule has 2 rings (SSSR count). The van der Waals surface area contributed by atoms with Crippen LogP contribution in [0.3, 0.4) is 0 Å². The lowest BCUT2D eigenvalue weighted by Crippen LogP contribution is -2.53. The molecule has 1 aromatic rings. The fourth-order valence-electron chi connectivity index (χ4n) is 2.84. The fraction of sp³-hybridized carbons (Fsp3) is 0.562. The molecule has 1 aromatic carbocycles. The van der Waals surface area contributed by atoms with Crippen LogP contribution < -0.4 is 10.1 Å². The van der Waals surface area contributed by atoms with E-state index in [1.165, 1.54) is 19.2 Å². The Kier molecular flexibility index (Phi) is 4.83. The summed E-state index contributed by atoms with van der Waals surface area (Å²) in [5.41, 5.74) is -0.761. The van der Waals surface area contributed by atoms with Gasteiger partial charge in [0, 0.05) is 0 Å². The minimum Gasteiger partial charge on any atom is -0.496 e. The van der Waals surface area contributed by atoms with Crippen molar-refractivity contribution >= 4 is 5.91 Å². The third-order valence-electron chi connectivity index (χ3n) is 4.34. The Morgan fingerprint density at radius 2 is 2.14 bits per heavy atom. The SMILES string of the molecule is COc1cccc(F)c1C(=O)NC1(CO)CCC(C)CC1. The van der Waals surface area contributed by atoms with E-state index in [9.17, 15) is 14.3 Å². The highest BCUT2D eigenvalue weighted by molar-refractivity contribution is 5.97. The van der Waals surface area contributed by atoms with Crippen molar-refractivity contribution in [2.75, 3.05) is 13.7 Å². The summed E-state index contributed by atoms with van der Waals surface area (Å²) in [6.07, 6.45) is 3.28. The molecule has 1 amide bonds. The van der Waals surface area contributed by atoms with Crippen molar-refractivity contribution in [2.45, 2.75) is 38.1 Å². The van der Waals surface area contributed by atoms with E-state index in [2.05, 4.69) is 12.2 Å². The Hall–Kier alpha value is -1.62. The maximum absolute atomic E-state index is 13.9. The van der Waals surface area contributed by atoms with E-state index in [4.69, 9.17) is 4.74 Å². The zero-order chi connectivity index (χ0) is 15.5. The molecule has 2 N–H and O–H groups in total. The van der Waals surface area contributed by atoms with E-state index < -0.39 is 17.3 Å². The third kappa shape index (κ3) is 3.35. The molecule has 0 spiro atoms. The van der Waals surface area contributed by atoms with Gasteiger partial charge in [0.15, 0.2) is 0 Å². The van der Waals surface area contributed by atoms with Gasteiger partial charge in [0.1, 0.15) is 17.1 Å². The molecule has 1 fully saturated rings. The number of aliphatic hydroxyl groups excluding tert-OH is 1. The molecule has 0 bridgehead atoms. The predicted octanol–water partition coefficient (Wildman–Crippen LogP) is 2.51. The predicted molar refractivity (Wildman–Crippen MR) is 77.9 cm³/mol. The fourth-order valence-corrected chi connectivity index (χ4v) is 2.84. The average molecular weight is 295 g/mol. The summed E-state index contributed by atoms with van der Waals surface area (Å²) in [5, 5.41) is 12.5. The smallest absolute Gasteiger partial charge is 0.258 e. The Morgan fingerprint density at radius 3 is 2.71 bits per heavy atom. The first kappa shape index (κ1) is 15.8. The summed E-state index contributed by atoms with van der Waals surface area (Å²) in [5.74, 6) is -0.369. The summed E-state index contributed by atoms with van der Waals surface area (Å²) in [7, 11) is 1.40. The Balaban J connectivity index is 2.21. The number of hydrogen-bond donors (Lipinski definition) is 2. The van der Waals surface area contributed by atoms with Crippen LogP contribution in [0.25, 0.3) is 0 Å². The zero-order valence-corrected chi connectivity index (χ0v) is 12.5. The molecule has 5 heteroatoms. The van der Waals surface area contributed by atoms with E-state index in [1.54, 1.807) is 6.07 Å². The highest BCUT2D eigenvalue weighted by atomic mass is 19.1. The van der Waals surface area contributed by atoms with Crippen LogP contribution >= 0.6 is 0 Å². The van der Waals surface area contributed by atoms with Gasteiger partial charge in [-0.15, -0.1) is 0 Å². The van der Waals surface area contributed by atoms with E-state index in [0.717, 1.165) is 12.8 Å². The lowest BCUT2D eigenvalue weighted by molar-refractivity contribution is 0.0711. The topological polar surface area (TPSA) is 58.6 Å². The molecule has 0 heterocycles. The van der Waals surface area contributed by atoms with Crippen molar-refractivity contribution in [3.63, 3.8) is 0 Å². The van der Waals surface area contributed by atoms with Crippen LogP contribution in [-0.2, 0) is 0 Å². The summed E-state index contributed by atoms with van der Waals surface area (Å²) >= 11 is 0. The van der Waals surface area contributed by atoms with Gasteiger partial charge in [0.25, 0.3) is 5.91 Å². The van der Waals surface area contributed by atoms with E-state index >= 15 is 0 Å². The number of carbonyl (C=O) groups is 1. The van der Waals surface area contributed by atoms with Crippen LogP contribution in [0.5, 0.6) is 5.75 Å². The van der Waals surface area contributed by atoms with Gasteiger partial charge in [0.05, 0.1) is 19.3 Å². The molecule has 1 saturated carbocycles. The Bertz CT molecular complexity index is 510. The second-order valence-corrected chi connectivity index (χ2v) is 5.89.